The van der Waals surface area contributed by atoms with Crippen molar-refractivity contribution in [1.29, 1.82) is 0 Å². The van der Waals surface area contributed by atoms with Crippen molar-refractivity contribution in [2.45, 2.75) is 0 Å². The summed E-state index contributed by atoms with van der Waals surface area (Å²) in [6.07, 6.45) is 1.57. The van der Waals surface area contributed by atoms with Crippen LogP contribution in [0.5, 0.6) is 0 Å². The molecule has 0 aromatic carbocycles. The molecular weight excluding hydrogens is 144 g/mol. The largest absolute Gasteiger partial charge is 0.373 e. The lowest BCUT2D eigenvalue weighted by Gasteiger charge is -2.15. The van der Waals surface area contributed by atoms with Crippen LogP contribution in [-0.2, 0) is 4.79 Å². The van der Waals surface area contributed by atoms with Crippen LogP contribution in [0.1, 0.15) is 0 Å². The maximum Gasteiger partial charge on any atom is 0.244 e. The van der Waals surface area contributed by atoms with E-state index in [9.17, 15) is 4.79 Å². The number of nitrogens with one attached hydrogen (secondary N) is 2. The molecule has 0 spiro atoms. The lowest BCUT2D eigenvalue weighted by molar-refractivity contribution is -0.114. The van der Waals surface area contributed by atoms with Crippen molar-refractivity contribution in [2.75, 3.05) is 17.2 Å². The van der Waals surface area contributed by atoms with E-state index >= 15 is 0 Å². The SMILES string of the molecule is O=C1CNc2ccnnc2N1. The van der Waals surface area contributed by atoms with E-state index in [2.05, 4.69) is 20.8 Å². The second-order valence-corrected chi connectivity index (χ2v) is 2.20. The van der Waals surface area contributed by atoms with Gasteiger partial charge in [0, 0.05) is 0 Å². The van der Waals surface area contributed by atoms with Crippen LogP contribution >= 0.6 is 0 Å². The van der Waals surface area contributed by atoms with E-state index in [-0.39, 0.29) is 5.91 Å². The fourth-order valence-corrected chi connectivity index (χ4v) is 0.918. The lowest BCUT2D eigenvalue weighted by Crippen LogP contribution is -2.28. The summed E-state index contributed by atoms with van der Waals surface area (Å²) in [4.78, 5) is 10.8. The van der Waals surface area contributed by atoms with Gasteiger partial charge in [0.2, 0.25) is 5.91 Å². The molecule has 0 bridgehead atoms. The van der Waals surface area contributed by atoms with Crippen molar-refractivity contribution in [3.8, 4) is 0 Å². The Hall–Kier alpha value is -1.65. The van der Waals surface area contributed by atoms with Gasteiger partial charge in [-0.25, -0.2) is 0 Å². The maximum atomic E-state index is 10.8. The van der Waals surface area contributed by atoms with Gasteiger partial charge in [0.1, 0.15) is 0 Å². The number of fused-ring (bicyclic) bond motifs is 1. The molecule has 1 aliphatic rings. The summed E-state index contributed by atoms with van der Waals surface area (Å²) < 4.78 is 0. The molecule has 2 N–H and O–H groups in total. The maximum absolute atomic E-state index is 10.8. The number of hydrogen-bond acceptors (Lipinski definition) is 4. The highest BCUT2D eigenvalue weighted by atomic mass is 16.2. The second-order valence-electron chi connectivity index (χ2n) is 2.20. The predicted molar refractivity (Wildman–Crippen MR) is 39.2 cm³/mol. The molecule has 1 aromatic rings. The highest BCUT2D eigenvalue weighted by molar-refractivity contribution is 5.98. The van der Waals surface area contributed by atoms with E-state index in [0.29, 0.717) is 12.4 Å². The number of carbonyl (C=O) groups is 1. The molecule has 1 aliphatic heterocycles. The molecule has 1 aromatic heterocycles. The number of rotatable bonds is 0. The summed E-state index contributed by atoms with van der Waals surface area (Å²) in [5.74, 6) is 0.418. The third-order valence-corrected chi connectivity index (χ3v) is 1.42. The van der Waals surface area contributed by atoms with Gasteiger partial charge in [0.25, 0.3) is 0 Å². The Kier molecular flexibility index (Phi) is 1.21. The molecule has 2 heterocycles. The first-order valence-corrected chi connectivity index (χ1v) is 3.22. The van der Waals surface area contributed by atoms with Crippen LogP contribution in [-0.4, -0.2) is 22.6 Å². The van der Waals surface area contributed by atoms with Crippen LogP contribution in [0.3, 0.4) is 0 Å². The van der Waals surface area contributed by atoms with Gasteiger partial charge in [-0.2, -0.15) is 5.10 Å². The number of nitrogens with zero attached hydrogens (tertiary/aromatic N) is 2. The van der Waals surface area contributed by atoms with Gasteiger partial charge in [0.15, 0.2) is 5.82 Å². The summed E-state index contributed by atoms with van der Waals surface area (Å²) in [5.41, 5.74) is 0.819. The zero-order chi connectivity index (χ0) is 7.68. The third-order valence-electron chi connectivity index (χ3n) is 1.42. The zero-order valence-electron chi connectivity index (χ0n) is 5.66. The number of amides is 1. The number of hydrogen-bond donors (Lipinski definition) is 2. The summed E-state index contributed by atoms with van der Waals surface area (Å²) in [6.45, 7) is 0.304. The molecule has 0 saturated heterocycles. The van der Waals surface area contributed by atoms with Gasteiger partial charge in [-0.15, -0.1) is 5.10 Å². The molecule has 0 radical (unpaired) electrons. The Morgan fingerprint density at radius 3 is 3.36 bits per heavy atom. The number of carbonyl (C=O) groups excluding carboxylic acids is 1. The first-order valence-electron chi connectivity index (χ1n) is 3.22. The van der Waals surface area contributed by atoms with Gasteiger partial charge < -0.3 is 10.6 Å². The zero-order valence-corrected chi connectivity index (χ0v) is 5.66. The van der Waals surface area contributed by atoms with E-state index in [1.54, 1.807) is 12.3 Å². The van der Waals surface area contributed by atoms with E-state index in [4.69, 9.17) is 0 Å². The van der Waals surface area contributed by atoms with E-state index < -0.39 is 0 Å². The summed E-state index contributed by atoms with van der Waals surface area (Å²) >= 11 is 0. The van der Waals surface area contributed by atoms with E-state index in [0.717, 1.165) is 5.69 Å². The van der Waals surface area contributed by atoms with Crippen LogP contribution in [0, 0.1) is 0 Å². The van der Waals surface area contributed by atoms with Crippen LogP contribution in [0.15, 0.2) is 12.3 Å². The number of aromatic nitrogens is 2. The first-order chi connectivity index (χ1) is 5.36. The van der Waals surface area contributed by atoms with Crippen molar-refractivity contribution in [1.82, 2.24) is 10.2 Å². The molecule has 5 heteroatoms. The van der Waals surface area contributed by atoms with Gasteiger partial charge in [0.05, 0.1) is 18.4 Å². The molecule has 0 fully saturated rings. The summed E-state index contributed by atoms with van der Waals surface area (Å²) in [5, 5.41) is 12.8. The second kappa shape index (κ2) is 2.19. The Balaban J connectivity index is 2.41. The van der Waals surface area contributed by atoms with Crippen LogP contribution in [0.25, 0.3) is 0 Å². The quantitative estimate of drug-likeness (QED) is 0.539. The lowest BCUT2D eigenvalue weighted by atomic mass is 10.3. The summed E-state index contributed by atoms with van der Waals surface area (Å²) in [6, 6.07) is 1.77. The van der Waals surface area contributed by atoms with E-state index in [1.807, 2.05) is 0 Å². The minimum absolute atomic E-state index is 0.0852. The van der Waals surface area contributed by atoms with Crippen molar-refractivity contribution < 1.29 is 4.79 Å². The Morgan fingerprint density at radius 1 is 1.55 bits per heavy atom. The van der Waals surface area contributed by atoms with Gasteiger partial charge in [-0.3, -0.25) is 4.79 Å². The third kappa shape index (κ3) is 1.000. The minimum Gasteiger partial charge on any atom is -0.373 e. The molecule has 2 rings (SSSR count). The number of anilines is 2. The van der Waals surface area contributed by atoms with Crippen LogP contribution in [0.4, 0.5) is 11.5 Å². The first kappa shape index (κ1) is 6.09. The molecular formula is C6H6N4O. The highest BCUT2D eigenvalue weighted by Gasteiger charge is 2.13. The molecule has 11 heavy (non-hydrogen) atoms. The molecule has 0 saturated carbocycles. The van der Waals surface area contributed by atoms with Crippen molar-refractivity contribution in [2.24, 2.45) is 0 Å². The monoisotopic (exact) mass is 150 g/mol. The Bertz CT molecular complexity index is 298. The minimum atomic E-state index is -0.0852. The molecule has 5 nitrogen and oxygen atoms in total. The molecule has 1 amide bonds. The summed E-state index contributed by atoms with van der Waals surface area (Å²) in [7, 11) is 0. The fraction of sp³-hybridized carbons (Fsp3) is 0.167. The predicted octanol–water partition coefficient (Wildman–Crippen LogP) is -0.159. The van der Waals surface area contributed by atoms with Crippen molar-refractivity contribution >= 4 is 17.4 Å². The molecule has 0 unspecified atom stereocenters. The average molecular weight is 150 g/mol. The molecule has 0 aliphatic carbocycles. The van der Waals surface area contributed by atoms with Crippen LogP contribution < -0.4 is 10.6 Å². The highest BCUT2D eigenvalue weighted by Crippen LogP contribution is 2.18. The molecule has 0 atom stereocenters. The van der Waals surface area contributed by atoms with Crippen LogP contribution in [0.2, 0.25) is 0 Å². The Labute approximate surface area is 62.8 Å². The Morgan fingerprint density at radius 2 is 2.45 bits per heavy atom. The molecule has 56 valence electrons. The topological polar surface area (TPSA) is 66.9 Å². The van der Waals surface area contributed by atoms with Gasteiger partial charge in [-0.05, 0) is 6.07 Å². The van der Waals surface area contributed by atoms with Gasteiger partial charge in [-0.1, -0.05) is 0 Å². The van der Waals surface area contributed by atoms with E-state index in [1.165, 1.54) is 0 Å². The average Bonchev–Trinajstić information content (AvgIpc) is 2.04. The standard InChI is InChI=1S/C6H6N4O/c11-5-3-7-4-1-2-8-10-6(4)9-5/h1-2,7H,3H2,(H,9,10,11). The van der Waals surface area contributed by atoms with Gasteiger partial charge >= 0.3 is 0 Å². The fourth-order valence-electron chi connectivity index (χ4n) is 0.918. The normalized spacial score (nSPS) is 14.7. The smallest absolute Gasteiger partial charge is 0.244 e. The van der Waals surface area contributed by atoms with Crippen molar-refractivity contribution in [3.05, 3.63) is 12.3 Å². The van der Waals surface area contributed by atoms with Crippen molar-refractivity contribution in [3.63, 3.8) is 0 Å².